The van der Waals surface area contributed by atoms with Crippen LogP contribution in [0.3, 0.4) is 0 Å². The second-order valence-electron chi connectivity index (χ2n) is 3.08. The van der Waals surface area contributed by atoms with E-state index in [0.717, 1.165) is 0 Å². The SMILES string of the molecule is C=C/C=C1\CCC(/C=C/C)=C1C. The van der Waals surface area contributed by atoms with Gasteiger partial charge in [0.1, 0.15) is 0 Å². The number of hydrogen-bond acceptors (Lipinski definition) is 0. The monoisotopic (exact) mass is 160 g/mol. The number of hydrogen-bond donors (Lipinski definition) is 0. The van der Waals surface area contributed by atoms with E-state index in [1.807, 2.05) is 6.08 Å². The fourth-order valence-corrected chi connectivity index (χ4v) is 1.61. The van der Waals surface area contributed by atoms with Crippen LogP contribution in [-0.4, -0.2) is 0 Å². The maximum Gasteiger partial charge on any atom is -0.0235 e. The second-order valence-corrected chi connectivity index (χ2v) is 3.08. The molecule has 0 radical (unpaired) electrons. The predicted octanol–water partition coefficient (Wildman–Crippen LogP) is 3.79. The van der Waals surface area contributed by atoms with Crippen molar-refractivity contribution in [1.29, 1.82) is 0 Å². The highest BCUT2D eigenvalue weighted by Crippen LogP contribution is 2.31. The molecule has 0 saturated heterocycles. The summed E-state index contributed by atoms with van der Waals surface area (Å²) in [5.41, 5.74) is 4.36. The van der Waals surface area contributed by atoms with Gasteiger partial charge >= 0.3 is 0 Å². The van der Waals surface area contributed by atoms with Gasteiger partial charge in [-0.05, 0) is 43.4 Å². The molecule has 0 aliphatic heterocycles. The Bertz CT molecular complexity index is 262. The van der Waals surface area contributed by atoms with Gasteiger partial charge in [-0.3, -0.25) is 0 Å². The summed E-state index contributed by atoms with van der Waals surface area (Å²) in [6, 6.07) is 0. The molecule has 1 aliphatic carbocycles. The zero-order valence-electron chi connectivity index (χ0n) is 7.93. The molecular formula is C12H16. The first-order chi connectivity index (χ1) is 5.79. The largest absolute Gasteiger partial charge is 0.0991 e. The van der Waals surface area contributed by atoms with Gasteiger partial charge in [0.25, 0.3) is 0 Å². The van der Waals surface area contributed by atoms with Crippen molar-refractivity contribution >= 4 is 0 Å². The lowest BCUT2D eigenvalue weighted by molar-refractivity contribution is 1.03. The zero-order valence-corrected chi connectivity index (χ0v) is 7.93. The first-order valence-corrected chi connectivity index (χ1v) is 4.44. The molecule has 0 nitrogen and oxygen atoms in total. The molecule has 12 heavy (non-hydrogen) atoms. The van der Waals surface area contributed by atoms with E-state index in [2.05, 4.69) is 38.7 Å². The van der Waals surface area contributed by atoms with E-state index in [4.69, 9.17) is 0 Å². The highest BCUT2D eigenvalue weighted by molar-refractivity contribution is 5.45. The molecule has 0 heteroatoms. The topological polar surface area (TPSA) is 0 Å². The van der Waals surface area contributed by atoms with Gasteiger partial charge in [0.2, 0.25) is 0 Å². The molecule has 0 aromatic carbocycles. The minimum Gasteiger partial charge on any atom is -0.0991 e. The maximum atomic E-state index is 3.71. The van der Waals surface area contributed by atoms with Crippen LogP contribution in [0.1, 0.15) is 26.7 Å². The summed E-state index contributed by atoms with van der Waals surface area (Å²) in [5, 5.41) is 0. The lowest BCUT2D eigenvalue weighted by Gasteiger charge is -1.96. The predicted molar refractivity (Wildman–Crippen MR) is 55.0 cm³/mol. The molecule has 0 fully saturated rings. The van der Waals surface area contributed by atoms with Crippen molar-refractivity contribution in [2.75, 3.05) is 0 Å². The standard InChI is InChI=1S/C12H16/c1-4-6-11-8-9-12(7-5-2)10(11)3/h4-7H,1,8-9H2,2-3H3/b7-5+,11-6+. The van der Waals surface area contributed by atoms with Crippen LogP contribution in [0.4, 0.5) is 0 Å². The summed E-state index contributed by atoms with van der Waals surface area (Å²) >= 11 is 0. The van der Waals surface area contributed by atoms with E-state index in [0.29, 0.717) is 0 Å². The Morgan fingerprint density at radius 1 is 1.33 bits per heavy atom. The van der Waals surface area contributed by atoms with Crippen molar-refractivity contribution in [1.82, 2.24) is 0 Å². The number of rotatable bonds is 2. The Hall–Kier alpha value is -1.04. The highest BCUT2D eigenvalue weighted by atomic mass is 14.2. The van der Waals surface area contributed by atoms with Crippen molar-refractivity contribution in [3.8, 4) is 0 Å². The Labute approximate surface area is 75.0 Å². The zero-order chi connectivity index (χ0) is 8.97. The van der Waals surface area contributed by atoms with Crippen LogP contribution in [0, 0.1) is 0 Å². The lowest BCUT2D eigenvalue weighted by atomic mass is 10.1. The van der Waals surface area contributed by atoms with Crippen LogP contribution in [0.2, 0.25) is 0 Å². The van der Waals surface area contributed by atoms with Gasteiger partial charge in [0.05, 0.1) is 0 Å². The van der Waals surface area contributed by atoms with Gasteiger partial charge in [-0.15, -0.1) is 0 Å². The fraction of sp³-hybridized carbons (Fsp3) is 0.333. The van der Waals surface area contributed by atoms with Crippen LogP contribution >= 0.6 is 0 Å². The van der Waals surface area contributed by atoms with Gasteiger partial charge in [0.15, 0.2) is 0 Å². The van der Waals surface area contributed by atoms with Crippen molar-refractivity contribution in [3.63, 3.8) is 0 Å². The fourth-order valence-electron chi connectivity index (χ4n) is 1.61. The molecule has 0 heterocycles. The van der Waals surface area contributed by atoms with Crippen LogP contribution in [0.15, 0.2) is 47.6 Å². The maximum absolute atomic E-state index is 3.71. The first-order valence-electron chi connectivity index (χ1n) is 4.44. The minimum atomic E-state index is 1.18. The van der Waals surface area contributed by atoms with Crippen LogP contribution in [0.5, 0.6) is 0 Å². The average molecular weight is 160 g/mol. The Morgan fingerprint density at radius 2 is 2.08 bits per heavy atom. The quantitative estimate of drug-likeness (QED) is 0.576. The summed E-state index contributed by atoms with van der Waals surface area (Å²) in [5.74, 6) is 0. The van der Waals surface area contributed by atoms with Gasteiger partial charge in [0, 0.05) is 0 Å². The Kier molecular flexibility index (Phi) is 3.09. The molecule has 0 aromatic rings. The van der Waals surface area contributed by atoms with E-state index in [1.54, 1.807) is 0 Å². The third kappa shape index (κ3) is 1.76. The molecule has 0 bridgehead atoms. The molecule has 0 aromatic heterocycles. The molecule has 0 saturated carbocycles. The molecule has 0 unspecified atom stereocenters. The third-order valence-corrected chi connectivity index (χ3v) is 2.31. The van der Waals surface area contributed by atoms with Crippen molar-refractivity contribution < 1.29 is 0 Å². The van der Waals surface area contributed by atoms with Crippen molar-refractivity contribution in [2.24, 2.45) is 0 Å². The molecule has 0 spiro atoms. The molecule has 64 valence electrons. The van der Waals surface area contributed by atoms with E-state index < -0.39 is 0 Å². The molecular weight excluding hydrogens is 144 g/mol. The minimum absolute atomic E-state index is 1.18. The lowest BCUT2D eigenvalue weighted by Crippen LogP contribution is -1.76. The van der Waals surface area contributed by atoms with Crippen LogP contribution < -0.4 is 0 Å². The summed E-state index contributed by atoms with van der Waals surface area (Å²) in [6.07, 6.45) is 10.7. The van der Waals surface area contributed by atoms with Crippen LogP contribution in [-0.2, 0) is 0 Å². The second kappa shape index (κ2) is 4.10. The summed E-state index contributed by atoms with van der Waals surface area (Å²) in [6.45, 7) is 7.97. The van der Waals surface area contributed by atoms with E-state index in [1.165, 1.54) is 29.6 Å². The van der Waals surface area contributed by atoms with Gasteiger partial charge < -0.3 is 0 Å². The van der Waals surface area contributed by atoms with Gasteiger partial charge in [-0.25, -0.2) is 0 Å². The van der Waals surface area contributed by atoms with Crippen LogP contribution in [0.25, 0.3) is 0 Å². The van der Waals surface area contributed by atoms with Crippen molar-refractivity contribution in [2.45, 2.75) is 26.7 Å². The number of allylic oxidation sites excluding steroid dienone is 7. The summed E-state index contributed by atoms with van der Waals surface area (Å²) < 4.78 is 0. The average Bonchev–Trinajstić information content (AvgIpc) is 2.38. The summed E-state index contributed by atoms with van der Waals surface area (Å²) in [7, 11) is 0. The molecule has 0 N–H and O–H groups in total. The Balaban J connectivity index is 2.90. The molecule has 1 aliphatic rings. The molecule has 0 amide bonds. The van der Waals surface area contributed by atoms with Crippen molar-refractivity contribution in [3.05, 3.63) is 47.6 Å². The van der Waals surface area contributed by atoms with E-state index in [-0.39, 0.29) is 0 Å². The normalized spacial score (nSPS) is 21.3. The smallest absolute Gasteiger partial charge is 0.0235 e. The molecule has 1 rings (SSSR count). The summed E-state index contributed by atoms with van der Waals surface area (Å²) in [4.78, 5) is 0. The van der Waals surface area contributed by atoms with Gasteiger partial charge in [-0.2, -0.15) is 0 Å². The van der Waals surface area contributed by atoms with E-state index >= 15 is 0 Å². The van der Waals surface area contributed by atoms with Gasteiger partial charge in [-0.1, -0.05) is 30.9 Å². The Morgan fingerprint density at radius 3 is 2.67 bits per heavy atom. The highest BCUT2D eigenvalue weighted by Gasteiger charge is 2.12. The molecule has 0 atom stereocenters. The van der Waals surface area contributed by atoms with E-state index in [9.17, 15) is 0 Å². The first kappa shape index (κ1) is 9.05. The third-order valence-electron chi connectivity index (χ3n) is 2.31.